The lowest BCUT2D eigenvalue weighted by Crippen LogP contribution is -2.39. The van der Waals surface area contributed by atoms with Gasteiger partial charge in [0.2, 0.25) is 11.9 Å². The number of rotatable bonds is 7. The van der Waals surface area contributed by atoms with Crippen molar-refractivity contribution in [2.75, 3.05) is 11.1 Å². The van der Waals surface area contributed by atoms with Crippen LogP contribution in [0, 0.1) is 0 Å². The zero-order valence-corrected chi connectivity index (χ0v) is 16.6. The molecule has 1 aliphatic rings. The third-order valence-corrected chi connectivity index (χ3v) is 5.08. The number of aliphatic hydroxyl groups excluding tert-OH is 2. The first-order valence-electron chi connectivity index (χ1n) is 9.63. The third-order valence-electron chi connectivity index (χ3n) is 5.08. The van der Waals surface area contributed by atoms with Crippen LogP contribution in [0.3, 0.4) is 0 Å². The van der Waals surface area contributed by atoms with Gasteiger partial charge >= 0.3 is 5.97 Å². The molecule has 0 bridgehead atoms. The Morgan fingerprint density at radius 2 is 1.88 bits per heavy atom. The number of nitrogens with one attached hydrogen (secondary N) is 1. The molecule has 3 heterocycles. The summed E-state index contributed by atoms with van der Waals surface area (Å²) in [6, 6.07) is 7.06. The largest absolute Gasteiger partial charge is 0.481 e. The van der Waals surface area contributed by atoms with Crippen LogP contribution in [0.5, 0.6) is 0 Å². The molecule has 13 heteroatoms. The number of nitrogens with two attached hydrogens (primary N) is 2. The van der Waals surface area contributed by atoms with Crippen molar-refractivity contribution in [3.63, 3.8) is 0 Å². The number of aryl methyl sites for hydroxylation is 1. The Kier molecular flexibility index (Phi) is 5.61. The summed E-state index contributed by atoms with van der Waals surface area (Å²) in [5.41, 5.74) is 13.2. The van der Waals surface area contributed by atoms with Gasteiger partial charge in [-0.15, -0.1) is 0 Å². The monoisotopic (exact) mass is 443 g/mol. The van der Waals surface area contributed by atoms with Gasteiger partial charge in [0.05, 0.1) is 6.33 Å². The highest BCUT2D eigenvalue weighted by atomic mass is 16.6. The summed E-state index contributed by atoms with van der Waals surface area (Å²) < 4.78 is 6.77. The van der Waals surface area contributed by atoms with Crippen LogP contribution in [0.1, 0.15) is 18.2 Å². The smallest absolute Gasteiger partial charge is 0.303 e. The van der Waals surface area contributed by atoms with Gasteiger partial charge in [0.15, 0.2) is 23.8 Å². The Morgan fingerprint density at radius 1 is 1.16 bits per heavy atom. The molecule has 4 atom stereocenters. The third kappa shape index (κ3) is 4.03. The molecule has 4 rings (SSSR count). The molecular formula is C19H21N7O6. The summed E-state index contributed by atoms with van der Waals surface area (Å²) in [6.45, 7) is 0. The fourth-order valence-electron chi connectivity index (χ4n) is 3.44. The Bertz CT molecular complexity index is 1160. The molecule has 13 nitrogen and oxygen atoms in total. The maximum absolute atomic E-state index is 11.5. The van der Waals surface area contributed by atoms with Gasteiger partial charge in [0, 0.05) is 12.1 Å². The van der Waals surface area contributed by atoms with E-state index in [9.17, 15) is 19.8 Å². The number of amides is 1. The molecule has 0 saturated carbocycles. The van der Waals surface area contributed by atoms with Crippen LogP contribution in [-0.2, 0) is 20.7 Å². The number of benzene rings is 1. The minimum Gasteiger partial charge on any atom is -0.481 e. The van der Waals surface area contributed by atoms with Crippen LogP contribution < -0.4 is 16.8 Å². The number of imidazole rings is 1. The zero-order valence-electron chi connectivity index (χ0n) is 16.6. The number of fused-ring (bicyclic) bond motifs is 1. The van der Waals surface area contributed by atoms with Crippen molar-refractivity contribution >= 4 is 40.5 Å². The number of carbonyl (C=O) groups excluding carboxylic acids is 1. The van der Waals surface area contributed by atoms with Crippen molar-refractivity contribution in [2.45, 2.75) is 37.4 Å². The number of anilines is 3. The Hall–Kier alpha value is -3.81. The number of aliphatic hydroxyl groups is 2. The van der Waals surface area contributed by atoms with Crippen molar-refractivity contribution in [3.05, 3.63) is 36.2 Å². The Balaban J connectivity index is 1.60. The van der Waals surface area contributed by atoms with E-state index in [0.29, 0.717) is 12.1 Å². The van der Waals surface area contributed by atoms with Crippen molar-refractivity contribution in [1.82, 2.24) is 19.5 Å². The lowest BCUT2D eigenvalue weighted by molar-refractivity contribution is -0.137. The van der Waals surface area contributed by atoms with Gasteiger partial charge in [0.1, 0.15) is 17.7 Å². The van der Waals surface area contributed by atoms with Crippen LogP contribution in [0.4, 0.5) is 17.5 Å². The van der Waals surface area contributed by atoms with E-state index in [2.05, 4.69) is 20.3 Å². The number of carboxylic acids is 1. The molecule has 8 N–H and O–H groups in total. The highest BCUT2D eigenvalue weighted by Crippen LogP contribution is 2.32. The lowest BCUT2D eigenvalue weighted by Gasteiger charge is -2.16. The summed E-state index contributed by atoms with van der Waals surface area (Å²) in [7, 11) is 0. The fraction of sp³-hybridized carbons (Fsp3) is 0.316. The second kappa shape index (κ2) is 8.37. The van der Waals surface area contributed by atoms with Crippen molar-refractivity contribution in [3.8, 4) is 0 Å². The van der Waals surface area contributed by atoms with Gasteiger partial charge < -0.3 is 36.8 Å². The van der Waals surface area contributed by atoms with Gasteiger partial charge in [0.25, 0.3) is 0 Å². The lowest BCUT2D eigenvalue weighted by atomic mass is 10.1. The van der Waals surface area contributed by atoms with Crippen LogP contribution in [-0.4, -0.2) is 65.0 Å². The van der Waals surface area contributed by atoms with E-state index in [0.717, 1.165) is 5.56 Å². The topological polar surface area (TPSA) is 212 Å². The number of nitrogen functional groups attached to an aromatic ring is 1. The SMILES string of the molecule is NC(=O)[C@H]1OC(n2cnc3c(N)nc(Nc4ccc(CCC(=O)O)cc4)nc32)[C@H](O)[C@@H]1O. The molecular weight excluding hydrogens is 422 g/mol. The summed E-state index contributed by atoms with van der Waals surface area (Å²) in [4.78, 5) is 34.8. The number of nitrogens with zero attached hydrogens (tertiary/aromatic N) is 4. The van der Waals surface area contributed by atoms with Crippen molar-refractivity contribution in [2.24, 2.45) is 5.73 Å². The molecule has 1 amide bonds. The molecule has 1 saturated heterocycles. The number of primary amides is 1. The number of carbonyl (C=O) groups is 2. The van der Waals surface area contributed by atoms with E-state index in [4.69, 9.17) is 21.3 Å². The minimum atomic E-state index is -1.51. The predicted octanol–water partition coefficient (Wildman–Crippen LogP) is -0.726. The van der Waals surface area contributed by atoms with E-state index < -0.39 is 36.4 Å². The number of hydrogen-bond donors (Lipinski definition) is 6. The molecule has 0 radical (unpaired) electrons. The van der Waals surface area contributed by atoms with Crippen LogP contribution >= 0.6 is 0 Å². The fourth-order valence-corrected chi connectivity index (χ4v) is 3.44. The normalized spacial score (nSPS) is 22.8. The van der Waals surface area contributed by atoms with Gasteiger partial charge in [-0.2, -0.15) is 9.97 Å². The van der Waals surface area contributed by atoms with Crippen molar-refractivity contribution < 1.29 is 29.6 Å². The Morgan fingerprint density at radius 3 is 2.50 bits per heavy atom. The summed E-state index contributed by atoms with van der Waals surface area (Å²) in [5.74, 6) is -1.58. The molecule has 0 aliphatic carbocycles. The van der Waals surface area contributed by atoms with Crippen LogP contribution in [0.25, 0.3) is 11.2 Å². The highest BCUT2D eigenvalue weighted by Gasteiger charge is 2.47. The van der Waals surface area contributed by atoms with E-state index in [1.165, 1.54) is 10.9 Å². The number of hydrogen-bond acceptors (Lipinski definition) is 10. The highest BCUT2D eigenvalue weighted by molar-refractivity contribution is 5.83. The summed E-state index contributed by atoms with van der Waals surface area (Å²) in [5, 5.41) is 32.2. The van der Waals surface area contributed by atoms with E-state index in [-0.39, 0.29) is 29.4 Å². The van der Waals surface area contributed by atoms with E-state index in [1.807, 2.05) is 0 Å². The number of aromatic nitrogens is 4. The van der Waals surface area contributed by atoms with E-state index in [1.54, 1.807) is 24.3 Å². The van der Waals surface area contributed by atoms with Gasteiger partial charge in [-0.05, 0) is 24.1 Å². The maximum atomic E-state index is 11.5. The molecule has 3 aromatic rings. The van der Waals surface area contributed by atoms with E-state index >= 15 is 0 Å². The van der Waals surface area contributed by atoms with Gasteiger partial charge in [-0.3, -0.25) is 14.2 Å². The molecule has 1 aliphatic heterocycles. The standard InChI is InChI=1S/C19H21N7O6/c20-15-11-17(26(7-22-11)18-13(30)12(29)14(32-18)16(21)31)25-19(24-15)23-9-4-1-8(2-5-9)3-6-10(27)28/h1-2,4-5,7,12-14,18,29-30H,3,6H2,(H2,21,31)(H,27,28)(H3,20,23,24,25)/t12-,13+,14-,18?/m0/s1. The van der Waals surface area contributed by atoms with Gasteiger partial charge in [-0.25, -0.2) is 4.98 Å². The molecule has 32 heavy (non-hydrogen) atoms. The first-order valence-corrected chi connectivity index (χ1v) is 9.63. The average Bonchev–Trinajstić information content (AvgIpc) is 3.29. The average molecular weight is 443 g/mol. The first-order chi connectivity index (χ1) is 15.2. The van der Waals surface area contributed by atoms with Crippen LogP contribution in [0.2, 0.25) is 0 Å². The second-order valence-electron chi connectivity index (χ2n) is 7.30. The number of aliphatic carboxylic acids is 1. The first kappa shape index (κ1) is 21.4. The molecule has 1 aromatic carbocycles. The molecule has 168 valence electrons. The molecule has 2 aromatic heterocycles. The molecule has 1 fully saturated rings. The molecule has 1 unspecified atom stereocenters. The minimum absolute atomic E-state index is 0.0352. The molecule has 0 spiro atoms. The maximum Gasteiger partial charge on any atom is 0.303 e. The summed E-state index contributed by atoms with van der Waals surface area (Å²) in [6.07, 6.45) is -3.76. The number of ether oxygens (including phenoxy) is 1. The second-order valence-corrected chi connectivity index (χ2v) is 7.30. The predicted molar refractivity (Wildman–Crippen MR) is 111 cm³/mol. The van der Waals surface area contributed by atoms with Crippen LogP contribution in [0.15, 0.2) is 30.6 Å². The Labute approximate surface area is 180 Å². The van der Waals surface area contributed by atoms with Crippen molar-refractivity contribution in [1.29, 1.82) is 0 Å². The van der Waals surface area contributed by atoms with Gasteiger partial charge in [-0.1, -0.05) is 12.1 Å². The zero-order chi connectivity index (χ0) is 23.0. The quantitative estimate of drug-likeness (QED) is 0.268. The summed E-state index contributed by atoms with van der Waals surface area (Å²) >= 11 is 0. The number of carboxylic acid groups (broad SMARTS) is 1.